The van der Waals surface area contributed by atoms with Crippen LogP contribution in [0.1, 0.15) is 16.9 Å². The van der Waals surface area contributed by atoms with Crippen LogP contribution in [0.2, 0.25) is 0 Å². The number of aromatic nitrogens is 3. The molecule has 6 rings (SSSR count). The lowest BCUT2D eigenvalue weighted by atomic mass is 10.1. The number of rotatable bonds is 8. The number of fused-ring (bicyclic) bond motifs is 1. The highest BCUT2D eigenvalue weighted by Gasteiger charge is 2.35. The first-order valence-corrected chi connectivity index (χ1v) is 14.8. The standard InChI is InChI=1S/C29H23F4N5O4S/c30-19-3-1-2-18(10-19)15-41-26-6-4-20(11-23(26)29(31,32)33)37-28-22-12-24(34-13-25(22)35-16-36-28)27-7-5-21(42-27)14-38-8-9-43(39,40)17-38/h1-7,10-13,16H,8-9,14-15,17H2,(H,35,36,37). The molecule has 1 fully saturated rings. The number of pyridine rings is 1. The van der Waals surface area contributed by atoms with E-state index in [9.17, 15) is 26.0 Å². The molecule has 1 saturated heterocycles. The number of halogens is 4. The minimum absolute atomic E-state index is 0.0280. The van der Waals surface area contributed by atoms with E-state index in [4.69, 9.17) is 9.15 Å². The Hall–Kier alpha value is -4.56. The Balaban J connectivity index is 1.24. The summed E-state index contributed by atoms with van der Waals surface area (Å²) in [6.07, 6.45) is -1.96. The first-order chi connectivity index (χ1) is 20.5. The molecule has 222 valence electrons. The molecule has 0 unspecified atom stereocenters. The van der Waals surface area contributed by atoms with Crippen molar-refractivity contribution in [1.82, 2.24) is 19.9 Å². The maximum Gasteiger partial charge on any atom is 0.420 e. The lowest BCUT2D eigenvalue weighted by Crippen LogP contribution is -2.19. The van der Waals surface area contributed by atoms with Gasteiger partial charge in [-0.15, -0.1) is 0 Å². The smallest absolute Gasteiger partial charge is 0.420 e. The van der Waals surface area contributed by atoms with Crippen molar-refractivity contribution < 1.29 is 35.1 Å². The Morgan fingerprint density at radius 2 is 1.88 bits per heavy atom. The van der Waals surface area contributed by atoms with Crippen LogP contribution in [0.25, 0.3) is 22.4 Å². The molecule has 0 aliphatic carbocycles. The van der Waals surface area contributed by atoms with E-state index in [0.717, 1.165) is 6.07 Å². The van der Waals surface area contributed by atoms with Crippen LogP contribution in [0.15, 0.2) is 77.6 Å². The van der Waals surface area contributed by atoms with Gasteiger partial charge in [-0.1, -0.05) is 12.1 Å². The van der Waals surface area contributed by atoms with Gasteiger partial charge in [0.05, 0.1) is 29.6 Å². The molecule has 0 saturated carbocycles. The second-order valence-electron chi connectivity index (χ2n) is 9.96. The van der Waals surface area contributed by atoms with Gasteiger partial charge in [-0.2, -0.15) is 13.2 Å². The van der Waals surface area contributed by atoms with E-state index in [1.165, 1.54) is 42.9 Å². The summed E-state index contributed by atoms with van der Waals surface area (Å²) in [6.45, 7) is 0.507. The molecule has 0 radical (unpaired) electrons. The summed E-state index contributed by atoms with van der Waals surface area (Å²) in [7, 11) is -3.08. The molecule has 3 aromatic heterocycles. The number of alkyl halides is 3. The van der Waals surface area contributed by atoms with Gasteiger partial charge < -0.3 is 14.5 Å². The minimum Gasteiger partial charge on any atom is -0.488 e. The molecule has 0 spiro atoms. The number of ether oxygens (including phenoxy) is 1. The van der Waals surface area contributed by atoms with Crippen molar-refractivity contribution in [2.45, 2.75) is 19.3 Å². The molecule has 1 aliphatic heterocycles. The fraction of sp³-hybridized carbons (Fsp3) is 0.207. The van der Waals surface area contributed by atoms with Crippen molar-refractivity contribution in [2.75, 3.05) is 23.5 Å². The molecule has 1 aliphatic rings. The number of benzene rings is 2. The van der Waals surface area contributed by atoms with Crippen LogP contribution in [-0.4, -0.2) is 46.4 Å². The van der Waals surface area contributed by atoms with Crippen LogP contribution in [-0.2, 0) is 29.2 Å². The third-order valence-electron chi connectivity index (χ3n) is 6.74. The average Bonchev–Trinajstić information content (AvgIpc) is 3.57. The molecular weight excluding hydrogens is 590 g/mol. The highest BCUT2D eigenvalue weighted by molar-refractivity contribution is 7.91. The van der Waals surface area contributed by atoms with Gasteiger partial charge in [-0.3, -0.25) is 9.88 Å². The van der Waals surface area contributed by atoms with Crippen LogP contribution in [0.3, 0.4) is 0 Å². The third-order valence-corrected chi connectivity index (χ3v) is 8.31. The summed E-state index contributed by atoms with van der Waals surface area (Å²) < 4.78 is 90.2. The number of nitrogens with zero attached hydrogens (tertiary/aromatic N) is 4. The fourth-order valence-electron chi connectivity index (χ4n) is 4.69. The molecule has 14 heteroatoms. The minimum atomic E-state index is -4.73. The number of furan rings is 1. The van der Waals surface area contributed by atoms with E-state index < -0.39 is 33.1 Å². The van der Waals surface area contributed by atoms with Crippen molar-refractivity contribution in [3.63, 3.8) is 0 Å². The monoisotopic (exact) mass is 613 g/mol. The van der Waals surface area contributed by atoms with Crippen molar-refractivity contribution in [3.05, 3.63) is 95.9 Å². The number of hydrogen-bond donors (Lipinski definition) is 1. The molecule has 43 heavy (non-hydrogen) atoms. The zero-order valence-corrected chi connectivity index (χ0v) is 23.1. The molecule has 2 aromatic carbocycles. The predicted molar refractivity (Wildman–Crippen MR) is 150 cm³/mol. The lowest BCUT2D eigenvalue weighted by Gasteiger charge is -2.16. The molecule has 5 aromatic rings. The third kappa shape index (κ3) is 6.60. The maximum absolute atomic E-state index is 14.0. The van der Waals surface area contributed by atoms with Gasteiger partial charge in [0.15, 0.2) is 15.6 Å². The summed E-state index contributed by atoms with van der Waals surface area (Å²) in [5.41, 5.74) is 0.358. The Labute approximate surface area is 243 Å². The summed E-state index contributed by atoms with van der Waals surface area (Å²) in [4.78, 5) is 14.6. The Morgan fingerprint density at radius 3 is 2.65 bits per heavy atom. The average molecular weight is 614 g/mol. The molecule has 0 atom stereocenters. The van der Waals surface area contributed by atoms with Gasteiger partial charge in [-0.25, -0.2) is 22.8 Å². The van der Waals surface area contributed by atoms with E-state index in [1.54, 1.807) is 29.2 Å². The first kappa shape index (κ1) is 28.6. The quantitative estimate of drug-likeness (QED) is 0.212. The number of hydrogen-bond acceptors (Lipinski definition) is 9. The fourth-order valence-corrected chi connectivity index (χ4v) is 6.14. The molecule has 1 N–H and O–H groups in total. The van der Waals surface area contributed by atoms with E-state index in [1.807, 2.05) is 0 Å². The van der Waals surface area contributed by atoms with Crippen molar-refractivity contribution in [2.24, 2.45) is 0 Å². The van der Waals surface area contributed by atoms with E-state index in [-0.39, 0.29) is 29.7 Å². The summed E-state index contributed by atoms with van der Waals surface area (Å²) in [5, 5.41) is 3.41. The number of sulfone groups is 1. The SMILES string of the molecule is O=S1(=O)CCN(Cc2ccc(-c3cc4c(Nc5ccc(OCc6cccc(F)c6)c(C(F)(F)F)c5)ncnc4cn3)o2)C1. The topological polar surface area (TPSA) is 110 Å². The van der Waals surface area contributed by atoms with E-state index in [0.29, 0.717) is 46.8 Å². The molecule has 0 amide bonds. The number of anilines is 2. The molecule has 0 bridgehead atoms. The van der Waals surface area contributed by atoms with Gasteiger partial charge >= 0.3 is 6.18 Å². The van der Waals surface area contributed by atoms with Crippen LogP contribution in [0.4, 0.5) is 29.1 Å². The molecule has 4 heterocycles. The maximum atomic E-state index is 14.0. The summed E-state index contributed by atoms with van der Waals surface area (Å²) in [5.74, 6) is 0.395. The van der Waals surface area contributed by atoms with E-state index >= 15 is 0 Å². The van der Waals surface area contributed by atoms with E-state index in [2.05, 4.69) is 20.3 Å². The van der Waals surface area contributed by atoms with Crippen LogP contribution in [0.5, 0.6) is 5.75 Å². The largest absolute Gasteiger partial charge is 0.488 e. The second-order valence-corrected chi connectivity index (χ2v) is 12.1. The van der Waals surface area contributed by atoms with Crippen molar-refractivity contribution >= 4 is 32.2 Å². The molecule has 9 nitrogen and oxygen atoms in total. The van der Waals surface area contributed by atoms with Gasteiger partial charge in [-0.05, 0) is 54.1 Å². The highest BCUT2D eigenvalue weighted by Crippen LogP contribution is 2.39. The number of nitrogens with one attached hydrogen (secondary N) is 1. The van der Waals surface area contributed by atoms with Crippen molar-refractivity contribution in [1.29, 1.82) is 0 Å². The Morgan fingerprint density at radius 1 is 1.02 bits per heavy atom. The second kappa shape index (κ2) is 11.3. The Kier molecular flexibility index (Phi) is 7.48. The van der Waals surface area contributed by atoms with Crippen LogP contribution in [0, 0.1) is 5.82 Å². The van der Waals surface area contributed by atoms with Crippen LogP contribution < -0.4 is 10.1 Å². The summed E-state index contributed by atoms with van der Waals surface area (Å²) in [6, 6.07) is 14.1. The molecular formula is C29H23F4N5O4S. The van der Waals surface area contributed by atoms with Gasteiger partial charge in [0.1, 0.15) is 47.6 Å². The van der Waals surface area contributed by atoms with Crippen molar-refractivity contribution in [3.8, 4) is 17.2 Å². The normalized spacial score (nSPS) is 15.2. The van der Waals surface area contributed by atoms with Gasteiger partial charge in [0.2, 0.25) is 0 Å². The first-order valence-electron chi connectivity index (χ1n) is 13.0. The van der Waals surface area contributed by atoms with Crippen LogP contribution >= 0.6 is 0 Å². The lowest BCUT2D eigenvalue weighted by molar-refractivity contribution is -0.139. The Bertz CT molecular complexity index is 1910. The zero-order valence-electron chi connectivity index (χ0n) is 22.3. The predicted octanol–water partition coefficient (Wildman–Crippen LogP) is 5.95. The summed E-state index contributed by atoms with van der Waals surface area (Å²) >= 11 is 0. The van der Waals surface area contributed by atoms with Gasteiger partial charge in [0.25, 0.3) is 0 Å². The van der Waals surface area contributed by atoms with Gasteiger partial charge in [0, 0.05) is 17.6 Å². The highest BCUT2D eigenvalue weighted by atomic mass is 32.2. The zero-order chi connectivity index (χ0) is 30.2.